The molecule has 0 fully saturated rings. The smallest absolute Gasteiger partial charge is 0.390 e. The van der Waals surface area contributed by atoms with E-state index >= 15 is 0 Å². The van der Waals surface area contributed by atoms with Gasteiger partial charge in [-0.15, -0.1) is 12.4 Å². The van der Waals surface area contributed by atoms with Gasteiger partial charge in [0.15, 0.2) is 0 Å². The summed E-state index contributed by atoms with van der Waals surface area (Å²) in [5.74, 6) is -3.52. The Morgan fingerprint density at radius 2 is 1.58 bits per heavy atom. The molecule has 0 bridgehead atoms. The average Bonchev–Trinajstić information content (AvgIpc) is 2.27. The van der Waals surface area contributed by atoms with Gasteiger partial charge in [0, 0.05) is 4.90 Å². The lowest BCUT2D eigenvalue weighted by Crippen LogP contribution is -2.36. The van der Waals surface area contributed by atoms with Gasteiger partial charge in [-0.05, 0) is 29.5 Å². The van der Waals surface area contributed by atoms with Crippen molar-refractivity contribution < 1.29 is 27.1 Å². The van der Waals surface area contributed by atoms with E-state index in [2.05, 4.69) is 0 Å². The monoisotopic (exact) mass is 323 g/mol. The fourth-order valence-electron chi connectivity index (χ4n) is 1.22. The normalized spacial score (nSPS) is 13.8. The molecule has 0 spiro atoms. The van der Waals surface area contributed by atoms with Crippen molar-refractivity contribution in [3.05, 3.63) is 29.8 Å². The molecule has 1 atom stereocenters. The lowest BCUT2D eigenvalue weighted by atomic mass is 10.0. The molecule has 2 nitrogen and oxygen atoms in total. The van der Waals surface area contributed by atoms with Crippen molar-refractivity contribution in [3.63, 3.8) is 0 Å². The molecule has 0 radical (unpaired) electrons. The summed E-state index contributed by atoms with van der Waals surface area (Å²) in [6.45, 7) is -1.42. The summed E-state index contributed by atoms with van der Waals surface area (Å²) < 4.78 is 62.2. The summed E-state index contributed by atoms with van der Waals surface area (Å²) in [6, 6.07) is 2.53. The number of nitrogens with two attached hydrogens (primary N) is 1. The summed E-state index contributed by atoms with van der Waals surface area (Å²) >= 11 is -0.343. The maximum atomic E-state index is 13.0. The zero-order chi connectivity index (χ0) is 14.0. The van der Waals surface area contributed by atoms with Crippen molar-refractivity contribution in [3.8, 4) is 0 Å². The van der Waals surface area contributed by atoms with E-state index in [4.69, 9.17) is 10.8 Å². The van der Waals surface area contributed by atoms with Gasteiger partial charge in [0.2, 0.25) is 0 Å². The molecule has 0 aliphatic rings. The van der Waals surface area contributed by atoms with Crippen LogP contribution in [-0.4, -0.2) is 23.1 Å². The molecule has 19 heavy (non-hydrogen) atoms. The second-order valence-electron chi connectivity index (χ2n) is 3.51. The molecule has 0 heterocycles. The fourth-order valence-corrected chi connectivity index (χ4v) is 1.76. The third kappa shape index (κ3) is 5.52. The molecular weight excluding hydrogens is 313 g/mol. The van der Waals surface area contributed by atoms with E-state index in [9.17, 15) is 22.0 Å². The summed E-state index contributed by atoms with van der Waals surface area (Å²) in [5, 5.41) is 8.45. The number of halogens is 6. The highest BCUT2D eigenvalue weighted by Crippen LogP contribution is 2.37. The van der Waals surface area contributed by atoms with E-state index in [0.717, 1.165) is 24.3 Å². The number of benzene rings is 1. The van der Waals surface area contributed by atoms with E-state index in [1.165, 1.54) is 0 Å². The van der Waals surface area contributed by atoms with Crippen molar-refractivity contribution in [1.82, 2.24) is 0 Å². The molecule has 0 unspecified atom stereocenters. The average molecular weight is 324 g/mol. The Morgan fingerprint density at radius 1 is 1.11 bits per heavy atom. The number of alkyl halides is 5. The number of hydrogen-bond acceptors (Lipinski definition) is 3. The maximum absolute atomic E-state index is 13.0. The highest BCUT2D eigenvalue weighted by Gasteiger charge is 2.37. The molecule has 1 aromatic rings. The molecule has 0 saturated heterocycles. The predicted molar refractivity (Wildman–Crippen MR) is 64.6 cm³/mol. The van der Waals surface area contributed by atoms with Crippen LogP contribution in [0.1, 0.15) is 11.6 Å². The summed E-state index contributed by atoms with van der Waals surface area (Å²) in [5.41, 5.74) is 0.749. The van der Waals surface area contributed by atoms with Crippen LogP contribution in [0.5, 0.6) is 0 Å². The minimum Gasteiger partial charge on any atom is -0.390 e. The van der Waals surface area contributed by atoms with Crippen LogP contribution in [0.4, 0.5) is 22.0 Å². The van der Waals surface area contributed by atoms with Gasteiger partial charge in [-0.3, -0.25) is 0 Å². The van der Waals surface area contributed by atoms with Gasteiger partial charge in [-0.2, -0.15) is 13.2 Å². The van der Waals surface area contributed by atoms with Crippen LogP contribution in [0.3, 0.4) is 0 Å². The summed E-state index contributed by atoms with van der Waals surface area (Å²) in [6.07, 6.45) is 0. The quantitative estimate of drug-likeness (QED) is 0.660. The minimum absolute atomic E-state index is 0. The summed E-state index contributed by atoms with van der Waals surface area (Å²) in [4.78, 5) is -0.120. The molecule has 1 rings (SSSR count). The fraction of sp³-hybridized carbons (Fsp3) is 0.400. The van der Waals surface area contributed by atoms with Gasteiger partial charge in [0.05, 0.1) is 6.04 Å². The van der Waals surface area contributed by atoms with E-state index in [1.807, 2.05) is 0 Å². The van der Waals surface area contributed by atoms with Crippen LogP contribution in [0.25, 0.3) is 0 Å². The Morgan fingerprint density at radius 3 is 1.95 bits per heavy atom. The first-order chi connectivity index (χ1) is 8.15. The molecule has 0 amide bonds. The number of aliphatic hydroxyl groups excluding tert-OH is 1. The van der Waals surface area contributed by atoms with E-state index in [0.29, 0.717) is 0 Å². The third-order valence-electron chi connectivity index (χ3n) is 2.14. The highest BCUT2D eigenvalue weighted by atomic mass is 35.5. The standard InChI is InChI=1S/C10H10F5NOS.ClH/c11-9(12,5-17)8(16)6-1-3-7(4-2-6)18-10(13,14)15;/h1-4,8,17H,5,16H2;1H/t8-;/m0./s1. The Labute approximate surface area is 116 Å². The van der Waals surface area contributed by atoms with Gasteiger partial charge in [0.1, 0.15) is 6.61 Å². The van der Waals surface area contributed by atoms with Crippen LogP contribution in [0.15, 0.2) is 29.2 Å². The lowest BCUT2D eigenvalue weighted by molar-refractivity contribution is -0.0712. The van der Waals surface area contributed by atoms with Gasteiger partial charge in [-0.1, -0.05) is 12.1 Å². The van der Waals surface area contributed by atoms with Gasteiger partial charge in [-0.25, -0.2) is 8.78 Å². The van der Waals surface area contributed by atoms with Crippen LogP contribution < -0.4 is 5.73 Å². The largest absolute Gasteiger partial charge is 0.446 e. The predicted octanol–water partition coefficient (Wildman–Crippen LogP) is 3.35. The van der Waals surface area contributed by atoms with E-state index in [1.54, 1.807) is 0 Å². The topological polar surface area (TPSA) is 46.2 Å². The third-order valence-corrected chi connectivity index (χ3v) is 2.88. The van der Waals surface area contributed by atoms with E-state index in [-0.39, 0.29) is 34.6 Å². The summed E-state index contributed by atoms with van der Waals surface area (Å²) in [7, 11) is 0. The first kappa shape index (κ1) is 18.4. The van der Waals surface area contributed by atoms with Crippen LogP contribution >= 0.6 is 24.2 Å². The van der Waals surface area contributed by atoms with Crippen LogP contribution in [0, 0.1) is 0 Å². The molecule has 0 saturated carbocycles. The van der Waals surface area contributed by atoms with Crippen molar-refractivity contribution in [2.45, 2.75) is 22.4 Å². The molecule has 0 aromatic heterocycles. The first-order valence-corrected chi connectivity index (χ1v) is 5.57. The number of rotatable bonds is 4. The van der Waals surface area contributed by atoms with Gasteiger partial charge < -0.3 is 10.8 Å². The maximum Gasteiger partial charge on any atom is 0.446 e. The van der Waals surface area contributed by atoms with E-state index < -0.39 is 24.1 Å². The molecule has 3 N–H and O–H groups in total. The van der Waals surface area contributed by atoms with Crippen LogP contribution in [-0.2, 0) is 0 Å². The van der Waals surface area contributed by atoms with Crippen molar-refractivity contribution in [1.29, 1.82) is 0 Å². The molecule has 0 aliphatic carbocycles. The van der Waals surface area contributed by atoms with Crippen molar-refractivity contribution >= 4 is 24.2 Å². The lowest BCUT2D eigenvalue weighted by Gasteiger charge is -2.21. The van der Waals surface area contributed by atoms with Crippen molar-refractivity contribution in [2.75, 3.05) is 6.61 Å². The Balaban J connectivity index is 0.00000324. The molecule has 0 aliphatic heterocycles. The molecule has 9 heteroatoms. The minimum atomic E-state index is -4.43. The number of hydrogen-bond donors (Lipinski definition) is 2. The van der Waals surface area contributed by atoms with Gasteiger partial charge in [0.25, 0.3) is 5.92 Å². The molecule has 1 aromatic carbocycles. The Bertz CT molecular complexity index is 398. The molecular formula is C10H11ClF5NOS. The second kappa shape index (κ2) is 6.74. The number of aliphatic hydroxyl groups is 1. The zero-order valence-electron chi connectivity index (χ0n) is 9.32. The molecule has 110 valence electrons. The zero-order valence-corrected chi connectivity index (χ0v) is 11.0. The van der Waals surface area contributed by atoms with Gasteiger partial charge >= 0.3 is 5.51 Å². The number of thioether (sulfide) groups is 1. The van der Waals surface area contributed by atoms with Crippen molar-refractivity contribution in [2.24, 2.45) is 5.73 Å². The Kier molecular flexibility index (Phi) is 6.53. The van der Waals surface area contributed by atoms with Crippen LogP contribution in [0.2, 0.25) is 0 Å². The SMILES string of the molecule is Cl.N[C@@H](c1ccc(SC(F)(F)F)cc1)C(F)(F)CO. The second-order valence-corrected chi connectivity index (χ2v) is 4.65. The first-order valence-electron chi connectivity index (χ1n) is 4.75. The highest BCUT2D eigenvalue weighted by molar-refractivity contribution is 8.00. The Hall–Kier alpha value is -0.570.